The van der Waals surface area contributed by atoms with Crippen LogP contribution in [0.1, 0.15) is 6.42 Å². The summed E-state index contributed by atoms with van der Waals surface area (Å²) >= 11 is 0. The van der Waals surface area contributed by atoms with E-state index in [2.05, 4.69) is 5.10 Å². The number of hydrogen-bond acceptors (Lipinski definition) is 4. The molecule has 7 nitrogen and oxygen atoms in total. The second kappa shape index (κ2) is 5.46. The van der Waals surface area contributed by atoms with Crippen LogP contribution in [0.5, 0.6) is 0 Å². The van der Waals surface area contributed by atoms with E-state index < -0.39 is 0 Å². The molecule has 0 aliphatic carbocycles. The third-order valence-electron chi connectivity index (χ3n) is 3.47. The van der Waals surface area contributed by atoms with Gasteiger partial charge in [0, 0.05) is 38.4 Å². The van der Waals surface area contributed by atoms with E-state index in [1.807, 2.05) is 0 Å². The Bertz CT molecular complexity index is 670. The third-order valence-corrected chi connectivity index (χ3v) is 3.47. The van der Waals surface area contributed by atoms with E-state index in [9.17, 15) is 9.59 Å². The third kappa shape index (κ3) is 2.44. The molecule has 0 spiro atoms. The molecule has 1 saturated heterocycles. The fourth-order valence-corrected chi connectivity index (χ4v) is 2.32. The maximum absolute atomic E-state index is 12.1. The molecule has 106 valence electrons. The van der Waals surface area contributed by atoms with Crippen LogP contribution in [0.3, 0.4) is 0 Å². The normalized spacial score (nSPS) is 15.7. The van der Waals surface area contributed by atoms with Gasteiger partial charge in [-0.3, -0.25) is 9.59 Å². The number of ether oxygens (including phenoxy) is 1. The number of amides is 1. The first kappa shape index (κ1) is 12.9. The van der Waals surface area contributed by atoms with E-state index in [4.69, 9.17) is 4.74 Å². The van der Waals surface area contributed by atoms with Crippen molar-refractivity contribution in [1.29, 1.82) is 0 Å². The zero-order valence-electron chi connectivity index (χ0n) is 11.1. The Morgan fingerprint density at radius 2 is 2.10 bits per heavy atom. The number of rotatable bonds is 3. The van der Waals surface area contributed by atoms with Gasteiger partial charge in [0.1, 0.15) is 5.52 Å². The van der Waals surface area contributed by atoms with Crippen LogP contribution in [0.4, 0.5) is 0 Å². The van der Waals surface area contributed by atoms with Crippen LogP contribution >= 0.6 is 0 Å². The van der Waals surface area contributed by atoms with Crippen molar-refractivity contribution in [3.8, 4) is 0 Å². The largest absolute Gasteiger partial charge is 0.378 e. The Labute approximate surface area is 115 Å². The van der Waals surface area contributed by atoms with E-state index in [0.29, 0.717) is 44.8 Å². The summed E-state index contributed by atoms with van der Waals surface area (Å²) in [5, 5.41) is 4.00. The Morgan fingerprint density at radius 3 is 2.90 bits per heavy atom. The number of aryl methyl sites for hydroxylation is 1. The minimum Gasteiger partial charge on any atom is -0.378 e. The molecular formula is C13H16N4O3. The highest BCUT2D eigenvalue weighted by molar-refractivity contribution is 5.76. The predicted octanol–water partition coefficient (Wildman–Crippen LogP) is -0.255. The second-order valence-corrected chi connectivity index (χ2v) is 4.70. The van der Waals surface area contributed by atoms with Gasteiger partial charge >= 0.3 is 0 Å². The lowest BCUT2D eigenvalue weighted by Gasteiger charge is -2.26. The Balaban J connectivity index is 1.68. The predicted molar refractivity (Wildman–Crippen MR) is 71.5 cm³/mol. The summed E-state index contributed by atoms with van der Waals surface area (Å²) in [5.74, 6) is 0.0635. The fourth-order valence-electron chi connectivity index (χ4n) is 2.32. The molecule has 0 aromatic carbocycles. The lowest BCUT2D eigenvalue weighted by atomic mass is 10.3. The molecular weight excluding hydrogens is 260 g/mol. The molecule has 7 heteroatoms. The number of carbonyl (C=O) groups is 1. The number of carbonyl (C=O) groups excluding carboxylic acids is 1. The van der Waals surface area contributed by atoms with E-state index in [0.717, 1.165) is 0 Å². The average molecular weight is 276 g/mol. The zero-order chi connectivity index (χ0) is 13.9. The first-order valence-electron chi connectivity index (χ1n) is 6.64. The van der Waals surface area contributed by atoms with Gasteiger partial charge in [-0.2, -0.15) is 5.10 Å². The van der Waals surface area contributed by atoms with E-state index in [1.54, 1.807) is 34.1 Å². The molecule has 0 bridgehead atoms. The van der Waals surface area contributed by atoms with Crippen molar-refractivity contribution < 1.29 is 9.53 Å². The molecule has 1 aliphatic heterocycles. The summed E-state index contributed by atoms with van der Waals surface area (Å²) in [6.07, 6.45) is 5.29. The highest BCUT2D eigenvalue weighted by Gasteiger charge is 2.16. The van der Waals surface area contributed by atoms with Gasteiger partial charge < -0.3 is 14.2 Å². The van der Waals surface area contributed by atoms with Gasteiger partial charge in [0.2, 0.25) is 5.91 Å². The van der Waals surface area contributed by atoms with Crippen LogP contribution in [0, 0.1) is 0 Å². The lowest BCUT2D eigenvalue weighted by Crippen LogP contribution is -2.41. The molecule has 1 aliphatic rings. The molecule has 0 atom stereocenters. The Hall–Kier alpha value is -2.15. The van der Waals surface area contributed by atoms with E-state index in [1.165, 1.54) is 4.52 Å². The molecule has 1 fully saturated rings. The average Bonchev–Trinajstić information content (AvgIpc) is 2.96. The van der Waals surface area contributed by atoms with Crippen LogP contribution in [0.25, 0.3) is 5.52 Å². The van der Waals surface area contributed by atoms with Gasteiger partial charge in [-0.1, -0.05) is 0 Å². The van der Waals surface area contributed by atoms with Crippen LogP contribution < -0.4 is 5.56 Å². The maximum Gasteiger partial charge on any atom is 0.276 e. The van der Waals surface area contributed by atoms with Crippen LogP contribution in [0.15, 0.2) is 29.5 Å². The molecule has 1 amide bonds. The first-order valence-corrected chi connectivity index (χ1v) is 6.64. The summed E-state index contributed by atoms with van der Waals surface area (Å²) in [7, 11) is 0. The van der Waals surface area contributed by atoms with Crippen molar-refractivity contribution in [2.75, 3.05) is 26.3 Å². The van der Waals surface area contributed by atoms with Gasteiger partial charge in [0.15, 0.2) is 0 Å². The number of hydrogen-bond donors (Lipinski definition) is 0. The van der Waals surface area contributed by atoms with Crippen LogP contribution in [-0.2, 0) is 16.1 Å². The monoisotopic (exact) mass is 276 g/mol. The maximum atomic E-state index is 12.1. The lowest BCUT2D eigenvalue weighted by molar-refractivity contribution is -0.135. The second-order valence-electron chi connectivity index (χ2n) is 4.70. The molecule has 0 N–H and O–H groups in total. The molecule has 3 rings (SSSR count). The summed E-state index contributed by atoms with van der Waals surface area (Å²) in [5.41, 5.74) is 0.395. The topological polar surface area (TPSA) is 68.8 Å². The van der Waals surface area contributed by atoms with Gasteiger partial charge in [-0.15, -0.1) is 0 Å². The molecule has 20 heavy (non-hydrogen) atoms. The Morgan fingerprint density at radius 1 is 1.30 bits per heavy atom. The highest BCUT2D eigenvalue weighted by Crippen LogP contribution is 2.02. The summed E-state index contributed by atoms with van der Waals surface area (Å²) in [6, 6.07) is 1.67. The zero-order valence-corrected chi connectivity index (χ0v) is 11.1. The molecule has 0 unspecified atom stereocenters. The summed E-state index contributed by atoms with van der Waals surface area (Å²) in [6.45, 7) is 2.84. The highest BCUT2D eigenvalue weighted by atomic mass is 16.5. The minimum absolute atomic E-state index is 0.0635. The molecule has 2 aromatic rings. The standard InChI is InChI=1S/C13H16N4O3/c18-12(15-7-9-20-10-8-15)2-4-16-5-6-17-11(13(16)19)1-3-14-17/h1,3,5-6H,2,4,7-10H2. The van der Waals surface area contributed by atoms with Crippen LogP contribution in [-0.4, -0.2) is 51.3 Å². The van der Waals surface area contributed by atoms with E-state index >= 15 is 0 Å². The van der Waals surface area contributed by atoms with Crippen LogP contribution in [0.2, 0.25) is 0 Å². The van der Waals surface area contributed by atoms with Gasteiger partial charge in [-0.25, -0.2) is 4.52 Å². The minimum atomic E-state index is -0.125. The Kier molecular flexibility index (Phi) is 3.51. The quantitative estimate of drug-likeness (QED) is 0.775. The number of fused-ring (bicyclic) bond motifs is 1. The SMILES string of the molecule is O=C(CCn1ccn2nccc2c1=O)N1CCOCC1. The number of morpholine rings is 1. The summed E-state index contributed by atoms with van der Waals surface area (Å²) < 4.78 is 8.29. The fraction of sp³-hybridized carbons (Fsp3) is 0.462. The van der Waals surface area contributed by atoms with Crippen molar-refractivity contribution in [1.82, 2.24) is 19.1 Å². The van der Waals surface area contributed by atoms with Gasteiger partial charge in [-0.05, 0) is 6.07 Å². The van der Waals surface area contributed by atoms with Crippen molar-refractivity contribution in [2.24, 2.45) is 0 Å². The number of aromatic nitrogens is 3. The van der Waals surface area contributed by atoms with Crippen molar-refractivity contribution in [2.45, 2.75) is 13.0 Å². The molecule has 2 aromatic heterocycles. The van der Waals surface area contributed by atoms with Gasteiger partial charge in [0.25, 0.3) is 5.56 Å². The summed E-state index contributed by atoms with van der Waals surface area (Å²) in [4.78, 5) is 26.0. The van der Waals surface area contributed by atoms with Crippen molar-refractivity contribution in [3.63, 3.8) is 0 Å². The molecule has 0 saturated carbocycles. The first-order chi connectivity index (χ1) is 9.75. The van der Waals surface area contributed by atoms with Crippen molar-refractivity contribution in [3.05, 3.63) is 35.0 Å². The van der Waals surface area contributed by atoms with Gasteiger partial charge in [0.05, 0.1) is 19.4 Å². The molecule has 0 radical (unpaired) electrons. The smallest absolute Gasteiger partial charge is 0.276 e. The van der Waals surface area contributed by atoms with E-state index in [-0.39, 0.29) is 11.5 Å². The molecule has 3 heterocycles. The van der Waals surface area contributed by atoms with Crippen molar-refractivity contribution >= 4 is 11.4 Å². The number of nitrogens with zero attached hydrogens (tertiary/aromatic N) is 4.